The van der Waals surface area contributed by atoms with Crippen LogP contribution in [0.1, 0.15) is 11.1 Å². The van der Waals surface area contributed by atoms with Crippen molar-refractivity contribution in [1.29, 1.82) is 0 Å². The second-order valence-corrected chi connectivity index (χ2v) is 6.51. The molecule has 1 amide bonds. The predicted molar refractivity (Wildman–Crippen MR) is 109 cm³/mol. The number of rotatable bonds is 9. The van der Waals surface area contributed by atoms with Crippen LogP contribution in [0.4, 0.5) is 0 Å². The molecule has 0 fully saturated rings. The molecule has 0 aliphatic rings. The first-order valence-electron chi connectivity index (χ1n) is 9.33. The Morgan fingerprint density at radius 2 is 1.93 bits per heavy atom. The van der Waals surface area contributed by atoms with Gasteiger partial charge in [0.05, 0.1) is 32.9 Å². The monoisotopic (exact) mass is 395 g/mol. The molecule has 3 rings (SSSR count). The molecule has 152 valence electrons. The number of aromatic nitrogens is 2. The van der Waals surface area contributed by atoms with Gasteiger partial charge in [-0.1, -0.05) is 12.1 Å². The summed E-state index contributed by atoms with van der Waals surface area (Å²) in [5, 5.41) is 13.6. The summed E-state index contributed by atoms with van der Waals surface area (Å²) >= 11 is 0. The Bertz CT molecular complexity index is 924. The maximum absolute atomic E-state index is 12.9. The van der Waals surface area contributed by atoms with Gasteiger partial charge in [-0.3, -0.25) is 4.79 Å². The summed E-state index contributed by atoms with van der Waals surface area (Å²) in [6.07, 6.45) is 3.83. The topological polar surface area (TPSA) is 76.8 Å². The molecule has 0 saturated carbocycles. The SMILES string of the molecule is COc1ccc(OC)c(CN(CCO)C(=O)Cc2ccc(-n3cccn3)cc2)c1. The predicted octanol–water partition coefficient (Wildman–Crippen LogP) is 2.45. The molecular formula is C22H25N3O4. The first-order valence-corrected chi connectivity index (χ1v) is 9.33. The highest BCUT2D eigenvalue weighted by Crippen LogP contribution is 2.25. The lowest BCUT2D eigenvalue weighted by Crippen LogP contribution is -2.34. The zero-order valence-electron chi connectivity index (χ0n) is 16.6. The van der Waals surface area contributed by atoms with Gasteiger partial charge >= 0.3 is 0 Å². The number of aliphatic hydroxyl groups excluding tert-OH is 1. The number of hydrogen-bond acceptors (Lipinski definition) is 5. The Morgan fingerprint density at radius 1 is 1.14 bits per heavy atom. The van der Waals surface area contributed by atoms with E-state index in [1.54, 1.807) is 30.0 Å². The van der Waals surface area contributed by atoms with Crippen LogP contribution in [0.15, 0.2) is 60.9 Å². The highest BCUT2D eigenvalue weighted by atomic mass is 16.5. The first-order chi connectivity index (χ1) is 14.1. The molecule has 0 saturated heterocycles. The van der Waals surface area contributed by atoms with E-state index in [9.17, 15) is 9.90 Å². The number of hydrogen-bond donors (Lipinski definition) is 1. The molecule has 2 aromatic carbocycles. The second-order valence-electron chi connectivity index (χ2n) is 6.51. The average molecular weight is 395 g/mol. The van der Waals surface area contributed by atoms with E-state index in [-0.39, 0.29) is 25.5 Å². The standard InChI is InChI=1S/C22H25N3O4/c1-28-20-8-9-21(29-2)18(15-20)16-24(12-13-26)22(27)14-17-4-6-19(7-5-17)25-11-3-10-23-25/h3-11,15,26H,12-14,16H2,1-2H3. The van der Waals surface area contributed by atoms with Gasteiger partial charge in [-0.25, -0.2) is 4.68 Å². The van der Waals surface area contributed by atoms with Gasteiger partial charge in [0.15, 0.2) is 0 Å². The van der Waals surface area contributed by atoms with E-state index in [0.717, 1.165) is 16.8 Å². The molecule has 7 nitrogen and oxygen atoms in total. The molecular weight excluding hydrogens is 370 g/mol. The van der Waals surface area contributed by atoms with Crippen LogP contribution in [0.5, 0.6) is 11.5 Å². The van der Waals surface area contributed by atoms with E-state index >= 15 is 0 Å². The number of aliphatic hydroxyl groups is 1. The van der Waals surface area contributed by atoms with Crippen LogP contribution < -0.4 is 9.47 Å². The van der Waals surface area contributed by atoms with Gasteiger partial charge < -0.3 is 19.5 Å². The quantitative estimate of drug-likeness (QED) is 0.602. The molecule has 1 heterocycles. The lowest BCUT2D eigenvalue weighted by molar-refractivity contribution is -0.131. The second kappa shape index (κ2) is 9.75. The van der Waals surface area contributed by atoms with Crippen molar-refractivity contribution in [2.75, 3.05) is 27.4 Å². The summed E-state index contributed by atoms with van der Waals surface area (Å²) in [7, 11) is 3.18. The highest BCUT2D eigenvalue weighted by Gasteiger charge is 2.17. The van der Waals surface area contributed by atoms with Gasteiger partial charge in [0.25, 0.3) is 0 Å². The molecule has 0 aliphatic heterocycles. The van der Waals surface area contributed by atoms with Crippen LogP contribution in [0, 0.1) is 0 Å². The molecule has 7 heteroatoms. The number of benzene rings is 2. The molecule has 29 heavy (non-hydrogen) atoms. The van der Waals surface area contributed by atoms with Crippen molar-refractivity contribution in [1.82, 2.24) is 14.7 Å². The molecule has 0 aliphatic carbocycles. The Kier molecular flexibility index (Phi) is 6.86. The number of carbonyl (C=O) groups is 1. The number of ether oxygens (including phenoxy) is 2. The molecule has 1 aromatic heterocycles. The molecule has 0 atom stereocenters. The molecule has 1 N–H and O–H groups in total. The minimum atomic E-state index is -0.115. The summed E-state index contributed by atoms with van der Waals surface area (Å²) in [6.45, 7) is 0.450. The van der Waals surface area contributed by atoms with Gasteiger partial charge in [0.1, 0.15) is 11.5 Å². The summed E-state index contributed by atoms with van der Waals surface area (Å²) in [4.78, 5) is 14.5. The maximum Gasteiger partial charge on any atom is 0.227 e. The van der Waals surface area contributed by atoms with Gasteiger partial charge in [-0.2, -0.15) is 5.10 Å². The van der Waals surface area contributed by atoms with Gasteiger partial charge in [0, 0.05) is 31.0 Å². The maximum atomic E-state index is 12.9. The smallest absolute Gasteiger partial charge is 0.227 e. The van der Waals surface area contributed by atoms with Crippen molar-refractivity contribution in [3.63, 3.8) is 0 Å². The molecule has 0 spiro atoms. The van der Waals surface area contributed by atoms with Crippen LogP contribution in [-0.2, 0) is 17.8 Å². The van der Waals surface area contributed by atoms with Crippen molar-refractivity contribution >= 4 is 5.91 Å². The first kappa shape index (κ1) is 20.4. The summed E-state index contributed by atoms with van der Waals surface area (Å²) in [5.74, 6) is 1.28. The Hall–Kier alpha value is -3.32. The van der Waals surface area contributed by atoms with Crippen molar-refractivity contribution < 1.29 is 19.4 Å². The van der Waals surface area contributed by atoms with Gasteiger partial charge in [-0.15, -0.1) is 0 Å². The highest BCUT2D eigenvalue weighted by molar-refractivity contribution is 5.79. The van der Waals surface area contributed by atoms with Crippen molar-refractivity contribution in [2.24, 2.45) is 0 Å². The lowest BCUT2D eigenvalue weighted by Gasteiger charge is -2.23. The summed E-state index contributed by atoms with van der Waals surface area (Å²) in [6, 6.07) is 15.0. The van der Waals surface area contributed by atoms with Crippen LogP contribution >= 0.6 is 0 Å². The third-order valence-electron chi connectivity index (χ3n) is 4.63. The van der Waals surface area contributed by atoms with Crippen LogP contribution in [0.2, 0.25) is 0 Å². The summed E-state index contributed by atoms with van der Waals surface area (Å²) < 4.78 is 12.4. The van der Waals surface area contributed by atoms with E-state index in [1.165, 1.54) is 0 Å². The zero-order valence-corrected chi connectivity index (χ0v) is 16.6. The fourth-order valence-corrected chi connectivity index (χ4v) is 3.10. The van der Waals surface area contributed by atoms with Crippen molar-refractivity contribution in [3.05, 3.63) is 72.1 Å². The molecule has 0 unspecified atom stereocenters. The molecule has 0 radical (unpaired) electrons. The van der Waals surface area contributed by atoms with Crippen molar-refractivity contribution in [3.8, 4) is 17.2 Å². The third kappa shape index (κ3) is 5.14. The van der Waals surface area contributed by atoms with Gasteiger partial charge in [0.2, 0.25) is 5.91 Å². The fraction of sp³-hybridized carbons (Fsp3) is 0.273. The number of nitrogens with zero attached hydrogens (tertiary/aromatic N) is 3. The zero-order chi connectivity index (χ0) is 20.6. The number of amides is 1. The van der Waals surface area contributed by atoms with E-state index in [4.69, 9.17) is 9.47 Å². The fourth-order valence-electron chi connectivity index (χ4n) is 3.10. The van der Waals surface area contributed by atoms with Crippen LogP contribution in [0.25, 0.3) is 5.69 Å². The minimum absolute atomic E-state index is 0.0734. The van der Waals surface area contributed by atoms with Crippen LogP contribution in [0.3, 0.4) is 0 Å². The number of carbonyl (C=O) groups excluding carboxylic acids is 1. The Morgan fingerprint density at radius 3 is 2.55 bits per heavy atom. The molecule has 0 bridgehead atoms. The van der Waals surface area contributed by atoms with E-state index in [0.29, 0.717) is 18.0 Å². The number of methoxy groups -OCH3 is 2. The van der Waals surface area contributed by atoms with Gasteiger partial charge in [-0.05, 0) is 42.0 Å². The lowest BCUT2D eigenvalue weighted by atomic mass is 10.1. The normalized spacial score (nSPS) is 10.6. The largest absolute Gasteiger partial charge is 0.497 e. The Balaban J connectivity index is 1.73. The van der Waals surface area contributed by atoms with Crippen LogP contribution in [-0.4, -0.2) is 53.1 Å². The Labute approximate surface area is 170 Å². The summed E-state index contributed by atoms with van der Waals surface area (Å²) in [5.41, 5.74) is 2.65. The van der Waals surface area contributed by atoms with E-state index < -0.39 is 0 Å². The van der Waals surface area contributed by atoms with E-state index in [2.05, 4.69) is 5.10 Å². The van der Waals surface area contributed by atoms with E-state index in [1.807, 2.05) is 54.7 Å². The molecule has 3 aromatic rings. The average Bonchev–Trinajstić information content (AvgIpc) is 3.28. The third-order valence-corrected chi connectivity index (χ3v) is 4.63. The van der Waals surface area contributed by atoms with Crippen molar-refractivity contribution in [2.45, 2.75) is 13.0 Å². The minimum Gasteiger partial charge on any atom is -0.497 e.